The van der Waals surface area contributed by atoms with E-state index in [1.807, 2.05) is 18.2 Å². The maximum absolute atomic E-state index is 6.41. The van der Waals surface area contributed by atoms with E-state index in [-0.39, 0.29) is 0 Å². The van der Waals surface area contributed by atoms with Gasteiger partial charge in [-0.15, -0.1) is 0 Å². The molecule has 0 aliphatic carbocycles. The quantitative estimate of drug-likeness (QED) is 0.397. The maximum atomic E-state index is 6.41. The number of aromatic nitrogens is 2. The first-order chi connectivity index (χ1) is 16.5. The predicted octanol–water partition coefficient (Wildman–Crippen LogP) is 5.64. The van der Waals surface area contributed by atoms with Crippen LogP contribution < -0.4 is 4.90 Å². The van der Waals surface area contributed by atoms with Crippen molar-refractivity contribution in [3.63, 3.8) is 0 Å². The molecular weight excluding hydrogens is 442 g/mol. The molecule has 1 fully saturated rings. The maximum Gasteiger partial charge on any atom is 0.137 e. The van der Waals surface area contributed by atoms with Crippen molar-refractivity contribution >= 4 is 17.4 Å². The van der Waals surface area contributed by atoms with Crippen molar-refractivity contribution < 1.29 is 0 Å². The lowest BCUT2D eigenvalue weighted by molar-refractivity contribution is 0.203. The zero-order valence-electron chi connectivity index (χ0n) is 21.0. The van der Waals surface area contributed by atoms with Crippen LogP contribution in [0.3, 0.4) is 0 Å². The number of rotatable bonds is 9. The SMILES string of the molecule is CCCc1nn(-c2cccc(Cl)c2)c(N2CCN(C)CC2)c1CN(Cc1ccccc1)C(C)C. The molecule has 4 rings (SSSR count). The Morgan fingerprint density at radius 2 is 1.71 bits per heavy atom. The Balaban J connectivity index is 1.78. The van der Waals surface area contributed by atoms with Crippen LogP contribution in [0.1, 0.15) is 44.0 Å². The largest absolute Gasteiger partial charge is 0.354 e. The minimum Gasteiger partial charge on any atom is -0.354 e. The molecule has 0 N–H and O–H groups in total. The summed E-state index contributed by atoms with van der Waals surface area (Å²) in [7, 11) is 2.20. The van der Waals surface area contributed by atoms with Gasteiger partial charge < -0.3 is 9.80 Å². The summed E-state index contributed by atoms with van der Waals surface area (Å²) < 4.78 is 2.15. The fourth-order valence-electron chi connectivity index (χ4n) is 4.66. The Labute approximate surface area is 209 Å². The summed E-state index contributed by atoms with van der Waals surface area (Å²) in [6.07, 6.45) is 2.04. The first kappa shape index (κ1) is 24.8. The number of aryl methyl sites for hydroxylation is 1. The lowest BCUT2D eigenvalue weighted by Gasteiger charge is -2.35. The van der Waals surface area contributed by atoms with Crippen LogP contribution in [0.4, 0.5) is 5.82 Å². The first-order valence-corrected chi connectivity index (χ1v) is 12.9. The third-order valence-corrected chi connectivity index (χ3v) is 6.94. The van der Waals surface area contributed by atoms with E-state index >= 15 is 0 Å². The molecular formula is C28H38ClN5. The number of likely N-dealkylation sites (N-methyl/N-ethyl adjacent to an activating group) is 1. The van der Waals surface area contributed by atoms with Gasteiger partial charge in [0.15, 0.2) is 0 Å². The van der Waals surface area contributed by atoms with Crippen molar-refractivity contribution in [1.82, 2.24) is 19.6 Å². The molecule has 2 aromatic carbocycles. The summed E-state index contributed by atoms with van der Waals surface area (Å²) in [4.78, 5) is 7.50. The standard InChI is InChI=1S/C28H38ClN5/c1-5-10-27-26(21-33(22(2)3)20-23-11-7-6-8-12-23)28(32-17-15-31(4)16-18-32)34(30-27)25-14-9-13-24(29)19-25/h6-9,11-14,19,22H,5,10,15-18,20-21H2,1-4H3. The summed E-state index contributed by atoms with van der Waals surface area (Å²) in [6, 6.07) is 19.3. The van der Waals surface area contributed by atoms with E-state index in [0.717, 1.165) is 62.8 Å². The Morgan fingerprint density at radius 3 is 2.35 bits per heavy atom. The second kappa shape index (κ2) is 11.4. The summed E-state index contributed by atoms with van der Waals surface area (Å²) in [6.45, 7) is 12.7. The molecule has 2 heterocycles. The highest BCUT2D eigenvalue weighted by Gasteiger charge is 2.27. The predicted molar refractivity (Wildman–Crippen MR) is 143 cm³/mol. The van der Waals surface area contributed by atoms with Crippen LogP contribution >= 0.6 is 11.6 Å². The van der Waals surface area contributed by atoms with Gasteiger partial charge in [-0.3, -0.25) is 4.90 Å². The highest BCUT2D eigenvalue weighted by Crippen LogP contribution is 2.32. The fraction of sp³-hybridized carbons (Fsp3) is 0.464. The zero-order chi connectivity index (χ0) is 24.1. The van der Waals surface area contributed by atoms with Crippen LogP contribution in [0.5, 0.6) is 0 Å². The third-order valence-electron chi connectivity index (χ3n) is 6.70. The third kappa shape index (κ3) is 5.83. The smallest absolute Gasteiger partial charge is 0.137 e. The zero-order valence-corrected chi connectivity index (χ0v) is 21.8. The summed E-state index contributed by atoms with van der Waals surface area (Å²) >= 11 is 6.41. The van der Waals surface area contributed by atoms with Crippen LogP contribution in [-0.4, -0.2) is 58.8 Å². The molecule has 34 heavy (non-hydrogen) atoms. The highest BCUT2D eigenvalue weighted by molar-refractivity contribution is 6.30. The van der Waals surface area contributed by atoms with Crippen molar-refractivity contribution in [1.29, 1.82) is 0 Å². The lowest BCUT2D eigenvalue weighted by atomic mass is 10.1. The van der Waals surface area contributed by atoms with Crippen molar-refractivity contribution in [2.75, 3.05) is 38.1 Å². The lowest BCUT2D eigenvalue weighted by Crippen LogP contribution is -2.45. The van der Waals surface area contributed by atoms with Gasteiger partial charge in [-0.2, -0.15) is 5.10 Å². The molecule has 0 radical (unpaired) electrons. The van der Waals surface area contributed by atoms with Crippen molar-refractivity contribution in [3.8, 4) is 5.69 Å². The number of piperazine rings is 1. The van der Waals surface area contributed by atoms with Gasteiger partial charge in [0, 0.05) is 55.9 Å². The molecule has 1 saturated heterocycles. The molecule has 6 heteroatoms. The number of halogens is 1. The average molecular weight is 480 g/mol. The van der Waals surface area contributed by atoms with E-state index in [4.69, 9.17) is 16.7 Å². The normalized spacial score (nSPS) is 15.0. The van der Waals surface area contributed by atoms with E-state index < -0.39 is 0 Å². The van der Waals surface area contributed by atoms with Crippen molar-refractivity contribution in [2.24, 2.45) is 0 Å². The van der Waals surface area contributed by atoms with Crippen LogP contribution in [-0.2, 0) is 19.5 Å². The van der Waals surface area contributed by atoms with E-state index in [0.29, 0.717) is 6.04 Å². The molecule has 3 aromatic rings. The Hall–Kier alpha value is -2.34. The molecule has 1 aromatic heterocycles. The van der Waals surface area contributed by atoms with E-state index in [9.17, 15) is 0 Å². The summed E-state index contributed by atoms with van der Waals surface area (Å²) in [5.74, 6) is 1.23. The van der Waals surface area contributed by atoms with Gasteiger partial charge in [0.1, 0.15) is 5.82 Å². The van der Waals surface area contributed by atoms with Gasteiger partial charge >= 0.3 is 0 Å². The van der Waals surface area contributed by atoms with Gasteiger partial charge in [0.25, 0.3) is 0 Å². The molecule has 0 amide bonds. The Morgan fingerprint density at radius 1 is 0.971 bits per heavy atom. The molecule has 0 unspecified atom stereocenters. The number of anilines is 1. The molecule has 5 nitrogen and oxygen atoms in total. The highest BCUT2D eigenvalue weighted by atomic mass is 35.5. The molecule has 1 aliphatic heterocycles. The second-order valence-corrected chi connectivity index (χ2v) is 10.1. The van der Waals surface area contributed by atoms with E-state index in [1.165, 1.54) is 22.6 Å². The van der Waals surface area contributed by atoms with Gasteiger partial charge in [-0.25, -0.2) is 4.68 Å². The number of hydrogen-bond donors (Lipinski definition) is 0. The van der Waals surface area contributed by atoms with Gasteiger partial charge in [0.05, 0.1) is 11.4 Å². The number of nitrogens with zero attached hydrogens (tertiary/aromatic N) is 5. The molecule has 182 valence electrons. The molecule has 0 bridgehead atoms. The minimum absolute atomic E-state index is 0.421. The minimum atomic E-state index is 0.421. The second-order valence-electron chi connectivity index (χ2n) is 9.67. The topological polar surface area (TPSA) is 27.5 Å². The van der Waals surface area contributed by atoms with Crippen molar-refractivity contribution in [3.05, 3.63) is 76.4 Å². The van der Waals surface area contributed by atoms with E-state index in [1.54, 1.807) is 0 Å². The first-order valence-electron chi connectivity index (χ1n) is 12.5. The van der Waals surface area contributed by atoms with Gasteiger partial charge in [-0.1, -0.05) is 61.3 Å². The average Bonchev–Trinajstić information content (AvgIpc) is 3.18. The van der Waals surface area contributed by atoms with Crippen LogP contribution in [0.15, 0.2) is 54.6 Å². The Bertz CT molecular complexity index is 1050. The molecule has 0 saturated carbocycles. The van der Waals surface area contributed by atoms with Crippen LogP contribution in [0, 0.1) is 0 Å². The fourth-order valence-corrected chi connectivity index (χ4v) is 4.84. The number of benzene rings is 2. The van der Waals surface area contributed by atoms with E-state index in [2.05, 4.69) is 83.6 Å². The number of hydrogen-bond acceptors (Lipinski definition) is 4. The van der Waals surface area contributed by atoms with Crippen molar-refractivity contribution in [2.45, 2.75) is 52.7 Å². The summed E-state index contributed by atoms with van der Waals surface area (Å²) in [5.41, 5.74) is 4.94. The monoisotopic (exact) mass is 479 g/mol. The molecule has 0 spiro atoms. The van der Waals surface area contributed by atoms with Crippen LogP contribution in [0.2, 0.25) is 5.02 Å². The molecule has 0 atom stereocenters. The Kier molecular flexibility index (Phi) is 8.30. The summed E-state index contributed by atoms with van der Waals surface area (Å²) in [5, 5.41) is 5.94. The van der Waals surface area contributed by atoms with Gasteiger partial charge in [-0.05, 0) is 51.1 Å². The van der Waals surface area contributed by atoms with Crippen LogP contribution in [0.25, 0.3) is 5.69 Å². The molecule has 1 aliphatic rings. The van der Waals surface area contributed by atoms with Gasteiger partial charge in [0.2, 0.25) is 0 Å².